The van der Waals surface area contributed by atoms with Gasteiger partial charge in [-0.25, -0.2) is 0 Å². The number of fused-ring (bicyclic) bond motifs is 5. The van der Waals surface area contributed by atoms with Crippen molar-refractivity contribution in [1.29, 1.82) is 0 Å². The maximum atomic E-state index is 12.3. The Labute approximate surface area is 125 Å². The predicted octanol–water partition coefficient (Wildman–Crippen LogP) is 2.81. The molecule has 1 N–H and O–H groups in total. The van der Waals surface area contributed by atoms with Crippen molar-refractivity contribution in [3.05, 3.63) is 11.6 Å². The third-order valence-corrected chi connectivity index (χ3v) is 7.15. The molecule has 4 aliphatic rings. The Kier molecular flexibility index (Phi) is 2.79. The van der Waals surface area contributed by atoms with E-state index in [1.165, 1.54) is 0 Å². The summed E-state index contributed by atoms with van der Waals surface area (Å²) in [5.74, 6) is 1.79. The van der Waals surface area contributed by atoms with Gasteiger partial charge in [-0.3, -0.25) is 9.59 Å². The van der Waals surface area contributed by atoms with Crippen LogP contribution in [0.3, 0.4) is 0 Å². The average Bonchev–Trinajstić information content (AvgIpc) is 2.76. The molecule has 0 heterocycles. The van der Waals surface area contributed by atoms with Crippen molar-refractivity contribution < 1.29 is 14.7 Å². The Bertz CT molecular complexity index is 549. The first-order valence-electron chi connectivity index (χ1n) is 8.45. The Morgan fingerprint density at radius 1 is 1.05 bits per heavy atom. The van der Waals surface area contributed by atoms with E-state index in [0.29, 0.717) is 30.5 Å². The van der Waals surface area contributed by atoms with Crippen LogP contribution in [0.5, 0.6) is 0 Å². The van der Waals surface area contributed by atoms with Crippen LogP contribution in [0.4, 0.5) is 0 Å². The first-order chi connectivity index (χ1) is 9.95. The summed E-state index contributed by atoms with van der Waals surface area (Å²) in [6.45, 7) is 2.16. The van der Waals surface area contributed by atoms with Gasteiger partial charge < -0.3 is 5.11 Å². The van der Waals surface area contributed by atoms with Gasteiger partial charge in [-0.2, -0.15) is 0 Å². The number of Topliss-reactive ketones (excluding diaryl/α,β-unsaturated/α-hetero) is 1. The van der Waals surface area contributed by atoms with Gasteiger partial charge in [0, 0.05) is 18.3 Å². The lowest BCUT2D eigenvalue weighted by molar-refractivity contribution is -0.138. The number of aliphatic hydroxyl groups is 1. The quantitative estimate of drug-likeness (QED) is 0.745. The van der Waals surface area contributed by atoms with Crippen LogP contribution in [0, 0.1) is 23.2 Å². The number of hydrogen-bond donors (Lipinski definition) is 1. The number of hydrogen-bond acceptors (Lipinski definition) is 3. The van der Waals surface area contributed by atoms with E-state index in [9.17, 15) is 14.7 Å². The number of carbonyl (C=O) groups excluding carboxylic acids is 2. The first kappa shape index (κ1) is 13.7. The zero-order valence-electron chi connectivity index (χ0n) is 12.7. The van der Waals surface area contributed by atoms with E-state index in [4.69, 9.17) is 0 Å². The van der Waals surface area contributed by atoms with Crippen LogP contribution in [0.1, 0.15) is 58.3 Å². The monoisotopic (exact) mass is 288 g/mol. The SMILES string of the molecule is C[C@]12CC[C@H]3[C@@H](CCC4=CC(=O)CC[C@]43O)[C@@H]1CCC2=O. The zero-order chi connectivity index (χ0) is 14.8. The fourth-order valence-corrected chi connectivity index (χ4v) is 5.95. The molecule has 0 spiro atoms. The summed E-state index contributed by atoms with van der Waals surface area (Å²) < 4.78 is 0. The lowest BCUT2D eigenvalue weighted by atomic mass is 9.51. The van der Waals surface area contributed by atoms with E-state index in [2.05, 4.69) is 6.92 Å². The van der Waals surface area contributed by atoms with Gasteiger partial charge in [-0.05, 0) is 67.9 Å². The van der Waals surface area contributed by atoms with Crippen LogP contribution in [-0.2, 0) is 9.59 Å². The van der Waals surface area contributed by atoms with Gasteiger partial charge >= 0.3 is 0 Å². The molecule has 0 unspecified atom stereocenters. The summed E-state index contributed by atoms with van der Waals surface area (Å²) >= 11 is 0. The second-order valence-corrected chi connectivity index (χ2v) is 7.89. The molecule has 0 aromatic rings. The highest BCUT2D eigenvalue weighted by atomic mass is 16.3. The summed E-state index contributed by atoms with van der Waals surface area (Å²) in [5.41, 5.74) is 0.0838. The Morgan fingerprint density at radius 3 is 2.67 bits per heavy atom. The van der Waals surface area contributed by atoms with Crippen molar-refractivity contribution in [2.75, 3.05) is 0 Å². The smallest absolute Gasteiger partial charge is 0.155 e. The van der Waals surface area contributed by atoms with E-state index in [1.807, 2.05) is 0 Å². The van der Waals surface area contributed by atoms with Crippen molar-refractivity contribution >= 4 is 11.6 Å². The van der Waals surface area contributed by atoms with Crippen molar-refractivity contribution in [2.45, 2.75) is 63.9 Å². The molecule has 0 aromatic heterocycles. The fraction of sp³-hybridized carbons (Fsp3) is 0.778. The molecule has 3 heteroatoms. The molecular formula is C18H24O3. The molecule has 21 heavy (non-hydrogen) atoms. The van der Waals surface area contributed by atoms with Gasteiger partial charge in [-0.15, -0.1) is 0 Å². The topological polar surface area (TPSA) is 54.4 Å². The Morgan fingerprint density at radius 2 is 1.86 bits per heavy atom. The third kappa shape index (κ3) is 1.70. The first-order valence-corrected chi connectivity index (χ1v) is 8.45. The molecule has 0 saturated heterocycles. The van der Waals surface area contributed by atoms with Gasteiger partial charge in [-0.1, -0.05) is 6.92 Å². The highest BCUT2D eigenvalue weighted by molar-refractivity contribution is 5.92. The summed E-state index contributed by atoms with van der Waals surface area (Å²) in [7, 11) is 0. The molecule has 0 radical (unpaired) electrons. The van der Waals surface area contributed by atoms with E-state index in [1.54, 1.807) is 6.08 Å². The molecular weight excluding hydrogens is 264 g/mol. The highest BCUT2D eigenvalue weighted by Crippen LogP contribution is 2.61. The van der Waals surface area contributed by atoms with Crippen molar-refractivity contribution in [2.24, 2.45) is 23.2 Å². The molecule has 3 nitrogen and oxygen atoms in total. The molecule has 0 bridgehead atoms. The predicted molar refractivity (Wildman–Crippen MR) is 78.6 cm³/mol. The maximum absolute atomic E-state index is 12.3. The molecule has 4 aliphatic carbocycles. The zero-order valence-corrected chi connectivity index (χ0v) is 12.7. The van der Waals surface area contributed by atoms with Crippen LogP contribution in [-0.4, -0.2) is 22.3 Å². The van der Waals surface area contributed by atoms with Crippen molar-refractivity contribution in [3.63, 3.8) is 0 Å². The lowest BCUT2D eigenvalue weighted by Crippen LogP contribution is -2.55. The van der Waals surface area contributed by atoms with E-state index >= 15 is 0 Å². The molecule has 0 amide bonds. The van der Waals surface area contributed by atoms with E-state index in [0.717, 1.165) is 44.1 Å². The van der Waals surface area contributed by atoms with Gasteiger partial charge in [0.05, 0.1) is 5.60 Å². The van der Waals surface area contributed by atoms with Crippen LogP contribution >= 0.6 is 0 Å². The number of carbonyl (C=O) groups is 2. The van der Waals surface area contributed by atoms with E-state index < -0.39 is 5.60 Å². The van der Waals surface area contributed by atoms with E-state index in [-0.39, 0.29) is 17.1 Å². The average molecular weight is 288 g/mol. The summed E-state index contributed by atoms with van der Waals surface area (Å²) in [6, 6.07) is 0. The largest absolute Gasteiger partial charge is 0.385 e. The summed E-state index contributed by atoms with van der Waals surface area (Å²) in [5, 5.41) is 11.3. The fourth-order valence-electron chi connectivity index (χ4n) is 5.95. The highest BCUT2D eigenvalue weighted by Gasteiger charge is 2.59. The van der Waals surface area contributed by atoms with Gasteiger partial charge in [0.2, 0.25) is 0 Å². The Balaban J connectivity index is 1.70. The standard InChI is InChI=1S/C18H24O3/c1-17-8-7-15-13(14(17)4-5-16(17)20)3-2-11-10-12(19)6-9-18(11,15)21/h10,13-15,21H,2-9H2,1H3/t13-,14-,15-,17-,18-/m0/s1. The van der Waals surface area contributed by atoms with Gasteiger partial charge in [0.15, 0.2) is 5.78 Å². The molecule has 5 atom stereocenters. The second kappa shape index (κ2) is 4.28. The second-order valence-electron chi connectivity index (χ2n) is 7.89. The Hall–Kier alpha value is -0.960. The van der Waals surface area contributed by atoms with Crippen LogP contribution in [0.2, 0.25) is 0 Å². The minimum Gasteiger partial charge on any atom is -0.385 e. The number of ketones is 2. The molecule has 0 aromatic carbocycles. The van der Waals surface area contributed by atoms with Crippen LogP contribution in [0.25, 0.3) is 0 Å². The molecule has 0 aliphatic heterocycles. The molecule has 3 saturated carbocycles. The third-order valence-electron chi connectivity index (χ3n) is 7.15. The molecule has 114 valence electrons. The minimum absolute atomic E-state index is 0.136. The summed E-state index contributed by atoms with van der Waals surface area (Å²) in [4.78, 5) is 24.0. The van der Waals surface area contributed by atoms with Crippen LogP contribution < -0.4 is 0 Å². The molecule has 4 rings (SSSR count). The van der Waals surface area contributed by atoms with Gasteiger partial charge in [0.1, 0.15) is 5.78 Å². The lowest BCUT2D eigenvalue weighted by Gasteiger charge is -2.55. The van der Waals surface area contributed by atoms with Crippen molar-refractivity contribution in [1.82, 2.24) is 0 Å². The van der Waals surface area contributed by atoms with Gasteiger partial charge in [0.25, 0.3) is 0 Å². The van der Waals surface area contributed by atoms with Crippen molar-refractivity contribution in [3.8, 4) is 0 Å². The van der Waals surface area contributed by atoms with Crippen LogP contribution in [0.15, 0.2) is 11.6 Å². The molecule has 3 fully saturated rings. The number of rotatable bonds is 0. The minimum atomic E-state index is -0.760. The summed E-state index contributed by atoms with van der Waals surface area (Å²) in [6.07, 6.45) is 8.25. The maximum Gasteiger partial charge on any atom is 0.155 e. The normalized spacial score (nSPS) is 49.2.